The molecular formula is C18H13N3OS2. The molecule has 118 valence electrons. The van der Waals surface area contributed by atoms with Gasteiger partial charge in [-0.1, -0.05) is 18.2 Å². The van der Waals surface area contributed by atoms with Gasteiger partial charge in [-0.3, -0.25) is 9.78 Å². The van der Waals surface area contributed by atoms with Gasteiger partial charge < -0.3 is 5.32 Å². The summed E-state index contributed by atoms with van der Waals surface area (Å²) in [5.41, 5.74) is 1.83. The zero-order valence-corrected chi connectivity index (χ0v) is 14.2. The average molecular weight is 351 g/mol. The summed E-state index contributed by atoms with van der Waals surface area (Å²) >= 11 is 3.10. The number of amides is 1. The van der Waals surface area contributed by atoms with Crippen molar-refractivity contribution in [2.45, 2.75) is 6.54 Å². The molecule has 3 aromatic heterocycles. The van der Waals surface area contributed by atoms with E-state index in [0.717, 1.165) is 25.8 Å². The molecule has 0 aliphatic carbocycles. The summed E-state index contributed by atoms with van der Waals surface area (Å²) in [6, 6.07) is 17.5. The van der Waals surface area contributed by atoms with Gasteiger partial charge in [0.25, 0.3) is 5.91 Å². The van der Waals surface area contributed by atoms with Crippen molar-refractivity contribution in [3.63, 3.8) is 0 Å². The number of pyridine rings is 1. The number of benzene rings is 1. The van der Waals surface area contributed by atoms with Crippen LogP contribution >= 0.6 is 22.7 Å². The zero-order chi connectivity index (χ0) is 16.4. The van der Waals surface area contributed by atoms with Gasteiger partial charge in [0.2, 0.25) is 0 Å². The van der Waals surface area contributed by atoms with Crippen molar-refractivity contribution in [2.24, 2.45) is 0 Å². The molecule has 0 saturated heterocycles. The van der Waals surface area contributed by atoms with Gasteiger partial charge in [0.1, 0.15) is 5.01 Å². The smallest absolute Gasteiger partial charge is 0.261 e. The molecule has 0 bridgehead atoms. The quantitative estimate of drug-likeness (QED) is 0.595. The van der Waals surface area contributed by atoms with Gasteiger partial charge in [-0.05, 0) is 36.4 Å². The molecule has 0 fully saturated rings. The van der Waals surface area contributed by atoms with E-state index in [1.807, 2.05) is 48.5 Å². The molecule has 0 spiro atoms. The van der Waals surface area contributed by atoms with Crippen molar-refractivity contribution in [2.75, 3.05) is 0 Å². The Morgan fingerprint density at radius 1 is 1.00 bits per heavy atom. The maximum absolute atomic E-state index is 12.3. The highest BCUT2D eigenvalue weighted by molar-refractivity contribution is 7.26. The predicted octanol–water partition coefficient (Wildman–Crippen LogP) is 4.35. The van der Waals surface area contributed by atoms with Gasteiger partial charge in [0.15, 0.2) is 0 Å². The van der Waals surface area contributed by atoms with Gasteiger partial charge >= 0.3 is 0 Å². The molecule has 4 nitrogen and oxygen atoms in total. The third-order valence-electron chi connectivity index (χ3n) is 3.49. The molecule has 1 aromatic carbocycles. The standard InChI is InChI=1S/C18H13N3OS2/c22-17(20-11-12-5-3-4-10-19-12)15-8-9-16(23-15)18-21-13-6-1-2-7-14(13)24-18/h1-10H,11H2,(H,20,22). The Hall–Kier alpha value is -2.57. The first-order chi connectivity index (χ1) is 11.8. The van der Waals surface area contributed by atoms with Crippen molar-refractivity contribution in [3.05, 3.63) is 71.4 Å². The van der Waals surface area contributed by atoms with Gasteiger partial charge in [-0.2, -0.15) is 0 Å². The van der Waals surface area contributed by atoms with Crippen LogP contribution in [0.25, 0.3) is 20.1 Å². The van der Waals surface area contributed by atoms with Crippen LogP contribution in [0.2, 0.25) is 0 Å². The Morgan fingerprint density at radius 2 is 1.88 bits per heavy atom. The molecule has 1 N–H and O–H groups in total. The van der Waals surface area contributed by atoms with Gasteiger partial charge in [-0.25, -0.2) is 4.98 Å². The first kappa shape index (κ1) is 15.0. The minimum Gasteiger partial charge on any atom is -0.346 e. The minimum atomic E-state index is -0.0852. The second-order valence-corrected chi connectivity index (χ2v) is 7.27. The Kier molecular flexibility index (Phi) is 4.06. The summed E-state index contributed by atoms with van der Waals surface area (Å²) in [5.74, 6) is -0.0852. The SMILES string of the molecule is O=C(NCc1ccccn1)c1ccc(-c2nc3ccccc3s2)s1. The number of aromatic nitrogens is 2. The number of hydrogen-bond acceptors (Lipinski definition) is 5. The predicted molar refractivity (Wildman–Crippen MR) is 98.3 cm³/mol. The third-order valence-corrected chi connectivity index (χ3v) is 5.78. The number of para-hydroxylation sites is 1. The van der Waals surface area contributed by atoms with E-state index < -0.39 is 0 Å². The van der Waals surface area contributed by atoms with Crippen molar-refractivity contribution in [1.29, 1.82) is 0 Å². The molecule has 0 saturated carbocycles. The summed E-state index contributed by atoms with van der Waals surface area (Å²) < 4.78 is 1.15. The van der Waals surface area contributed by atoms with Gasteiger partial charge in [-0.15, -0.1) is 22.7 Å². The first-order valence-electron chi connectivity index (χ1n) is 7.43. The molecule has 4 rings (SSSR count). The lowest BCUT2D eigenvalue weighted by molar-refractivity contribution is 0.0954. The van der Waals surface area contributed by atoms with Crippen LogP contribution in [0.3, 0.4) is 0 Å². The molecular weight excluding hydrogens is 338 g/mol. The Balaban J connectivity index is 1.50. The topological polar surface area (TPSA) is 54.9 Å². The van der Waals surface area contributed by atoms with E-state index in [2.05, 4.69) is 21.4 Å². The minimum absolute atomic E-state index is 0.0852. The fourth-order valence-electron chi connectivity index (χ4n) is 2.31. The highest BCUT2D eigenvalue weighted by Crippen LogP contribution is 2.34. The van der Waals surface area contributed by atoms with Crippen LogP contribution in [0.1, 0.15) is 15.4 Å². The van der Waals surface area contributed by atoms with Gasteiger partial charge in [0, 0.05) is 6.20 Å². The second-order valence-electron chi connectivity index (χ2n) is 5.15. The molecule has 24 heavy (non-hydrogen) atoms. The van der Waals surface area contributed by atoms with Crippen LogP contribution in [-0.2, 0) is 6.54 Å². The number of nitrogens with zero attached hydrogens (tertiary/aromatic N) is 2. The van der Waals surface area contributed by atoms with Crippen molar-refractivity contribution < 1.29 is 4.79 Å². The van der Waals surface area contributed by atoms with E-state index in [1.54, 1.807) is 17.5 Å². The molecule has 0 aliphatic heterocycles. The number of rotatable bonds is 4. The highest BCUT2D eigenvalue weighted by Gasteiger charge is 2.13. The van der Waals surface area contributed by atoms with E-state index in [4.69, 9.17) is 0 Å². The van der Waals surface area contributed by atoms with Crippen molar-refractivity contribution >= 4 is 38.8 Å². The number of thiazole rings is 1. The van der Waals surface area contributed by atoms with Crippen LogP contribution in [0.5, 0.6) is 0 Å². The number of fused-ring (bicyclic) bond motifs is 1. The monoisotopic (exact) mass is 351 g/mol. The fourth-order valence-corrected chi connectivity index (χ4v) is 4.26. The highest BCUT2D eigenvalue weighted by atomic mass is 32.1. The number of thiophene rings is 1. The second kappa shape index (κ2) is 6.51. The number of nitrogens with one attached hydrogen (secondary N) is 1. The van der Waals surface area contributed by atoms with Crippen LogP contribution in [0, 0.1) is 0 Å². The lowest BCUT2D eigenvalue weighted by Gasteiger charge is -2.02. The molecule has 4 aromatic rings. The van der Waals surface area contributed by atoms with Gasteiger partial charge in [0.05, 0.1) is 32.2 Å². The molecule has 0 aliphatic rings. The molecule has 1 amide bonds. The van der Waals surface area contributed by atoms with E-state index in [1.165, 1.54) is 11.3 Å². The molecule has 3 heterocycles. The lowest BCUT2D eigenvalue weighted by Crippen LogP contribution is -2.22. The Morgan fingerprint density at radius 3 is 2.71 bits per heavy atom. The largest absolute Gasteiger partial charge is 0.346 e. The maximum Gasteiger partial charge on any atom is 0.261 e. The van der Waals surface area contributed by atoms with Crippen LogP contribution in [0.15, 0.2) is 60.8 Å². The Bertz CT molecular complexity index is 959. The molecule has 6 heteroatoms. The normalized spacial score (nSPS) is 10.8. The first-order valence-corrected chi connectivity index (χ1v) is 9.07. The maximum atomic E-state index is 12.3. The van der Waals surface area contributed by atoms with E-state index in [-0.39, 0.29) is 5.91 Å². The van der Waals surface area contributed by atoms with E-state index in [0.29, 0.717) is 11.4 Å². The Labute approximate surface area is 146 Å². The fraction of sp³-hybridized carbons (Fsp3) is 0.0556. The summed E-state index contributed by atoms with van der Waals surface area (Å²) in [7, 11) is 0. The summed E-state index contributed by atoms with van der Waals surface area (Å²) in [4.78, 5) is 22.8. The molecule has 0 atom stereocenters. The number of hydrogen-bond donors (Lipinski definition) is 1. The van der Waals surface area contributed by atoms with Crippen LogP contribution in [0.4, 0.5) is 0 Å². The van der Waals surface area contributed by atoms with Crippen molar-refractivity contribution in [3.8, 4) is 9.88 Å². The summed E-state index contributed by atoms with van der Waals surface area (Å²) in [6.07, 6.45) is 1.72. The molecule has 0 radical (unpaired) electrons. The zero-order valence-electron chi connectivity index (χ0n) is 12.6. The third kappa shape index (κ3) is 3.06. The van der Waals surface area contributed by atoms with E-state index in [9.17, 15) is 4.79 Å². The van der Waals surface area contributed by atoms with E-state index >= 15 is 0 Å². The molecule has 0 unspecified atom stereocenters. The average Bonchev–Trinajstić information content (AvgIpc) is 3.27. The number of carbonyl (C=O) groups is 1. The summed E-state index contributed by atoms with van der Waals surface area (Å²) in [5, 5.41) is 3.85. The summed E-state index contributed by atoms with van der Waals surface area (Å²) in [6.45, 7) is 0.425. The van der Waals surface area contributed by atoms with Crippen LogP contribution < -0.4 is 5.32 Å². The number of carbonyl (C=O) groups excluding carboxylic acids is 1. The lowest BCUT2D eigenvalue weighted by atomic mass is 10.3. The van der Waals surface area contributed by atoms with Crippen LogP contribution in [-0.4, -0.2) is 15.9 Å². The van der Waals surface area contributed by atoms with Crippen molar-refractivity contribution in [1.82, 2.24) is 15.3 Å².